The molecule has 2 aliphatic heterocycles. The van der Waals surface area contributed by atoms with Crippen LogP contribution in [-0.2, 0) is 54.3 Å². The van der Waals surface area contributed by atoms with E-state index in [9.17, 15) is 53.4 Å². The van der Waals surface area contributed by atoms with Gasteiger partial charge in [0.05, 0.1) is 0 Å². The van der Waals surface area contributed by atoms with Crippen molar-refractivity contribution in [2.75, 3.05) is 7.05 Å². The smallest absolute Gasteiger partial charge is 0.329 e. The number of phenols is 1. The van der Waals surface area contributed by atoms with Gasteiger partial charge in [0.25, 0.3) is 0 Å². The van der Waals surface area contributed by atoms with Crippen molar-refractivity contribution in [3.05, 3.63) is 29.8 Å². The molecule has 3 rings (SSSR count). The van der Waals surface area contributed by atoms with Gasteiger partial charge in [-0.25, -0.2) is 4.79 Å². The first kappa shape index (κ1) is 54.5. The molecule has 1 aromatic rings. The topological polar surface area (TPSA) is 296 Å². The summed E-state index contributed by atoms with van der Waals surface area (Å²) in [4.78, 5) is 128. The maximum absolute atomic E-state index is 14.9. The van der Waals surface area contributed by atoms with Crippen molar-refractivity contribution in [3.63, 3.8) is 0 Å². The molecule has 2 fully saturated rings. The quantitative estimate of drug-likeness (QED) is 0.112. The van der Waals surface area contributed by atoms with Gasteiger partial charge in [-0.3, -0.25) is 38.4 Å². The lowest BCUT2D eigenvalue weighted by Gasteiger charge is -2.44. The number of nitrogens with zero attached hydrogens (tertiary/aromatic N) is 2. The Bertz CT molecular complexity index is 1910. The minimum absolute atomic E-state index is 0.0226. The number of aromatic hydroxyl groups is 1. The van der Waals surface area contributed by atoms with Gasteiger partial charge in [-0.15, -0.1) is 0 Å². The Kier molecular flexibility index (Phi) is 20.4. The molecule has 2 heterocycles. The molecule has 11 atom stereocenters. The second kappa shape index (κ2) is 24.7. The van der Waals surface area contributed by atoms with Gasteiger partial charge < -0.3 is 57.1 Å². The number of piperidine rings is 1. The number of nitrogens with one attached hydrogen (secondary N) is 5. The molecule has 0 saturated carbocycles. The number of carbonyl (C=O) groups is 9. The summed E-state index contributed by atoms with van der Waals surface area (Å²) in [6, 6.07) is -3.79. The number of benzene rings is 1. The molecule has 66 heavy (non-hydrogen) atoms. The van der Waals surface area contributed by atoms with E-state index in [0.717, 1.165) is 9.80 Å². The largest absolute Gasteiger partial charge is 0.508 e. The van der Waals surface area contributed by atoms with E-state index in [1.807, 2.05) is 0 Å². The van der Waals surface area contributed by atoms with Crippen molar-refractivity contribution in [1.29, 1.82) is 0 Å². The Morgan fingerprint density at radius 3 is 2.03 bits per heavy atom. The Labute approximate surface area is 387 Å². The van der Waals surface area contributed by atoms with Crippen LogP contribution in [0, 0.1) is 23.7 Å². The van der Waals surface area contributed by atoms with E-state index in [4.69, 9.17) is 10.5 Å². The van der Waals surface area contributed by atoms with Crippen LogP contribution in [0.1, 0.15) is 113 Å². The first-order valence-electron chi connectivity index (χ1n) is 23.0. The van der Waals surface area contributed by atoms with Crippen LogP contribution in [0.25, 0.3) is 0 Å². The molecule has 0 radical (unpaired) electrons. The molecule has 0 aliphatic carbocycles. The number of likely N-dealkylation sites (N-methyl/N-ethyl adjacent to an activating group) is 1. The summed E-state index contributed by atoms with van der Waals surface area (Å²) >= 11 is 0. The first-order valence-corrected chi connectivity index (χ1v) is 23.0. The van der Waals surface area contributed by atoms with Gasteiger partial charge >= 0.3 is 5.97 Å². The second-order valence-electron chi connectivity index (χ2n) is 18.4. The zero-order valence-electron chi connectivity index (χ0n) is 39.9. The van der Waals surface area contributed by atoms with Crippen LogP contribution < -0.4 is 32.3 Å². The average molecular weight is 929 g/mol. The molecule has 9 N–H and O–H groups in total. The SMILES string of the molecule is CCC(C)[C@@H]1NC(=O)[C@H](Cc2ccc(O)cc2)N(C)C(=O)[C@H](C(C)CC)N2C(=O)C(CC[C@@H]2O)NC(=O)[C@H](CC(C)C)NC(=O)[C@@H](NC(=O)[C@H](CCC(N)=O)NC(=O)C(C)C)[C@H](C)OC1=O. The van der Waals surface area contributed by atoms with Crippen LogP contribution in [0.5, 0.6) is 5.75 Å². The summed E-state index contributed by atoms with van der Waals surface area (Å²) in [5.41, 5.74) is 5.90. The van der Waals surface area contributed by atoms with Gasteiger partial charge in [0.2, 0.25) is 47.3 Å². The van der Waals surface area contributed by atoms with Crippen LogP contribution in [0.4, 0.5) is 0 Å². The molecule has 0 aromatic heterocycles. The van der Waals surface area contributed by atoms with E-state index in [0.29, 0.717) is 18.4 Å². The molecule has 2 saturated heterocycles. The van der Waals surface area contributed by atoms with Gasteiger partial charge in [0.1, 0.15) is 60.4 Å². The molecule has 20 nitrogen and oxygen atoms in total. The normalized spacial score (nSPS) is 26.4. The molecule has 3 unspecified atom stereocenters. The molecular weight excluding hydrogens is 857 g/mol. The van der Waals surface area contributed by atoms with E-state index in [1.54, 1.807) is 67.5 Å². The van der Waals surface area contributed by atoms with Crippen LogP contribution in [-0.4, -0.2) is 135 Å². The molecule has 8 amide bonds. The number of nitrogens with two attached hydrogens (primary N) is 1. The molecule has 2 aliphatic rings. The maximum atomic E-state index is 14.9. The van der Waals surface area contributed by atoms with Gasteiger partial charge in [-0.05, 0) is 68.1 Å². The summed E-state index contributed by atoms with van der Waals surface area (Å²) in [7, 11) is 1.38. The summed E-state index contributed by atoms with van der Waals surface area (Å²) < 4.78 is 5.91. The van der Waals surface area contributed by atoms with E-state index in [-0.39, 0.29) is 50.2 Å². The Hall–Kier alpha value is -5.79. The highest BCUT2D eigenvalue weighted by molar-refractivity contribution is 5.98. The minimum Gasteiger partial charge on any atom is -0.508 e. The highest BCUT2D eigenvalue weighted by Crippen LogP contribution is 2.28. The first-order chi connectivity index (χ1) is 30.9. The number of hydrogen-bond donors (Lipinski definition) is 8. The Morgan fingerprint density at radius 2 is 1.47 bits per heavy atom. The molecule has 1 aromatic carbocycles. The fourth-order valence-electron chi connectivity index (χ4n) is 7.87. The van der Waals surface area contributed by atoms with Crippen LogP contribution in [0.2, 0.25) is 0 Å². The number of ether oxygens (including phenoxy) is 1. The summed E-state index contributed by atoms with van der Waals surface area (Å²) in [5.74, 6) is -9.27. The third kappa shape index (κ3) is 14.6. The molecule has 0 spiro atoms. The number of hydrogen-bond acceptors (Lipinski definition) is 12. The number of rotatable bonds is 15. The number of aliphatic hydroxyl groups excluding tert-OH is 1. The monoisotopic (exact) mass is 929 g/mol. The predicted molar refractivity (Wildman–Crippen MR) is 241 cm³/mol. The fraction of sp³-hybridized carbons (Fsp3) is 0.674. The third-order valence-electron chi connectivity index (χ3n) is 12.4. The number of amides is 8. The van der Waals surface area contributed by atoms with E-state index in [1.165, 1.54) is 26.1 Å². The van der Waals surface area contributed by atoms with Gasteiger partial charge in [-0.2, -0.15) is 0 Å². The number of primary amides is 1. The van der Waals surface area contributed by atoms with E-state index in [2.05, 4.69) is 26.6 Å². The number of phenolic OH excluding ortho intramolecular Hbond substituents is 1. The standard InChI is InChI=1S/C46H72N8O12/c1-11-25(7)36-46(65)66-27(9)37(52-40(59)30(17-19-34(47)56)48-39(58)24(5)6)43(62)50-32(21-23(3)4)41(60)49-31-18-20-35(57)54(44(31)63)38(26(8)12-2)45(64)53(10)33(42(61)51-36)22-28-13-15-29(55)16-14-28/h13-16,23-27,30-33,35-38,55,57H,11-12,17-22H2,1-10H3,(H2,47,56)(H,48,58)(H,49,60)(H,50,62)(H,51,61)(H,52,59)/t25?,26?,27-,30-,31?,32-,33-,35-,36-,37-,38-/m0/s1. The van der Waals surface area contributed by atoms with Crippen molar-refractivity contribution in [2.24, 2.45) is 29.4 Å². The van der Waals surface area contributed by atoms with Gasteiger partial charge in [-0.1, -0.05) is 80.4 Å². The zero-order valence-corrected chi connectivity index (χ0v) is 39.9. The summed E-state index contributed by atoms with van der Waals surface area (Å²) in [6.45, 7) is 15.0. The highest BCUT2D eigenvalue weighted by Gasteiger charge is 2.47. The number of esters is 1. The maximum Gasteiger partial charge on any atom is 0.329 e. The number of fused-ring (bicyclic) bond motifs is 2. The van der Waals surface area contributed by atoms with E-state index < -0.39 is 126 Å². The lowest BCUT2D eigenvalue weighted by molar-refractivity contribution is -0.168. The molecular formula is C46H72N8O12. The van der Waals surface area contributed by atoms with Crippen LogP contribution in [0.15, 0.2) is 24.3 Å². The number of aliphatic hydroxyl groups is 1. The van der Waals surface area contributed by atoms with Gasteiger partial charge in [0.15, 0.2) is 0 Å². The van der Waals surface area contributed by atoms with Crippen LogP contribution >= 0.6 is 0 Å². The van der Waals surface area contributed by atoms with Crippen molar-refractivity contribution >= 4 is 53.2 Å². The third-order valence-corrected chi connectivity index (χ3v) is 12.4. The Morgan fingerprint density at radius 1 is 0.848 bits per heavy atom. The van der Waals surface area contributed by atoms with Crippen molar-refractivity contribution < 1.29 is 58.1 Å². The van der Waals surface area contributed by atoms with E-state index >= 15 is 0 Å². The molecule has 20 heteroatoms. The van der Waals surface area contributed by atoms with Crippen molar-refractivity contribution in [2.45, 2.75) is 168 Å². The van der Waals surface area contributed by atoms with Crippen LogP contribution in [0.3, 0.4) is 0 Å². The fourth-order valence-corrected chi connectivity index (χ4v) is 7.87. The number of cyclic esters (lactones) is 1. The lowest BCUT2D eigenvalue weighted by atomic mass is 9.91. The lowest BCUT2D eigenvalue weighted by Crippen LogP contribution is -2.66. The average Bonchev–Trinajstić information content (AvgIpc) is 3.25. The van der Waals surface area contributed by atoms with Crippen molar-refractivity contribution in [1.82, 2.24) is 36.4 Å². The molecule has 2 bridgehead atoms. The number of carbonyl (C=O) groups excluding carboxylic acids is 9. The zero-order chi connectivity index (χ0) is 49.7. The second-order valence-corrected chi connectivity index (χ2v) is 18.4. The highest BCUT2D eigenvalue weighted by atomic mass is 16.5. The summed E-state index contributed by atoms with van der Waals surface area (Å²) in [5, 5.41) is 34.7. The van der Waals surface area contributed by atoms with Crippen molar-refractivity contribution in [3.8, 4) is 5.75 Å². The predicted octanol–water partition coefficient (Wildman–Crippen LogP) is 0.500. The minimum atomic E-state index is -1.74. The Balaban J connectivity index is 2.27. The molecule has 368 valence electrons. The summed E-state index contributed by atoms with van der Waals surface area (Å²) in [6.07, 6.45) is -2.95. The van der Waals surface area contributed by atoms with Gasteiger partial charge in [0, 0.05) is 25.8 Å².